The zero-order chi connectivity index (χ0) is 15.9. The van der Waals surface area contributed by atoms with Gasteiger partial charge in [0.2, 0.25) is 0 Å². The average molecular weight is 300 g/mol. The van der Waals surface area contributed by atoms with Gasteiger partial charge in [0.1, 0.15) is 5.75 Å². The van der Waals surface area contributed by atoms with Crippen LogP contribution >= 0.6 is 0 Å². The van der Waals surface area contributed by atoms with Gasteiger partial charge in [0.25, 0.3) is 0 Å². The molecule has 0 aliphatic heterocycles. The van der Waals surface area contributed by atoms with Gasteiger partial charge in [-0.2, -0.15) is 0 Å². The Labute approximate surface area is 129 Å². The molecule has 2 aromatic rings. The lowest BCUT2D eigenvalue weighted by Gasteiger charge is -2.04. The molecule has 0 atom stereocenters. The molecule has 0 aromatic heterocycles. The SMILES string of the molecule is CCOc1cccc(C(=O)C=Cc2ccc(OC)c(F)c2)c1. The zero-order valence-electron chi connectivity index (χ0n) is 12.5. The van der Waals surface area contributed by atoms with Crippen LogP contribution in [0.15, 0.2) is 48.5 Å². The summed E-state index contributed by atoms with van der Waals surface area (Å²) < 4.78 is 23.8. The van der Waals surface area contributed by atoms with E-state index >= 15 is 0 Å². The van der Waals surface area contributed by atoms with E-state index in [1.807, 2.05) is 6.92 Å². The van der Waals surface area contributed by atoms with Crippen molar-refractivity contribution in [2.75, 3.05) is 13.7 Å². The largest absolute Gasteiger partial charge is 0.494 e. The number of methoxy groups -OCH3 is 1. The van der Waals surface area contributed by atoms with Crippen LogP contribution in [-0.2, 0) is 0 Å². The molecule has 0 bridgehead atoms. The first-order valence-corrected chi connectivity index (χ1v) is 6.93. The van der Waals surface area contributed by atoms with Crippen LogP contribution < -0.4 is 9.47 Å². The molecule has 0 fully saturated rings. The predicted octanol–water partition coefficient (Wildman–Crippen LogP) is 4.13. The number of ketones is 1. The van der Waals surface area contributed by atoms with E-state index in [0.717, 1.165) is 0 Å². The molecule has 0 heterocycles. The number of ether oxygens (including phenoxy) is 2. The second-order valence-corrected chi connectivity index (χ2v) is 4.55. The summed E-state index contributed by atoms with van der Waals surface area (Å²) in [4.78, 5) is 12.1. The fourth-order valence-electron chi connectivity index (χ4n) is 1.96. The van der Waals surface area contributed by atoms with Gasteiger partial charge in [-0.25, -0.2) is 4.39 Å². The maximum Gasteiger partial charge on any atom is 0.185 e. The van der Waals surface area contributed by atoms with Crippen molar-refractivity contribution in [1.29, 1.82) is 0 Å². The van der Waals surface area contributed by atoms with E-state index in [-0.39, 0.29) is 11.5 Å². The van der Waals surface area contributed by atoms with Crippen LogP contribution in [0.25, 0.3) is 6.08 Å². The topological polar surface area (TPSA) is 35.5 Å². The monoisotopic (exact) mass is 300 g/mol. The molecule has 2 aromatic carbocycles. The van der Waals surface area contributed by atoms with Crippen molar-refractivity contribution in [2.45, 2.75) is 6.92 Å². The van der Waals surface area contributed by atoms with Gasteiger partial charge >= 0.3 is 0 Å². The van der Waals surface area contributed by atoms with E-state index in [9.17, 15) is 9.18 Å². The first-order valence-electron chi connectivity index (χ1n) is 6.93. The molecule has 114 valence electrons. The molecule has 0 aliphatic rings. The van der Waals surface area contributed by atoms with E-state index in [1.54, 1.807) is 36.4 Å². The Morgan fingerprint density at radius 2 is 2.05 bits per heavy atom. The van der Waals surface area contributed by atoms with Crippen LogP contribution in [0.4, 0.5) is 4.39 Å². The third-order valence-corrected chi connectivity index (χ3v) is 3.03. The Morgan fingerprint density at radius 3 is 2.73 bits per heavy atom. The Bertz CT molecular complexity index is 692. The van der Waals surface area contributed by atoms with Gasteiger partial charge in [-0.3, -0.25) is 4.79 Å². The number of hydrogen-bond donors (Lipinski definition) is 0. The van der Waals surface area contributed by atoms with Gasteiger partial charge < -0.3 is 9.47 Å². The summed E-state index contributed by atoms with van der Waals surface area (Å²) in [7, 11) is 1.41. The molecule has 0 saturated carbocycles. The zero-order valence-corrected chi connectivity index (χ0v) is 12.5. The van der Waals surface area contributed by atoms with E-state index in [4.69, 9.17) is 9.47 Å². The van der Waals surface area contributed by atoms with Gasteiger partial charge in [-0.15, -0.1) is 0 Å². The van der Waals surface area contributed by atoms with Crippen molar-refractivity contribution in [3.63, 3.8) is 0 Å². The molecular formula is C18H17FO3. The Morgan fingerprint density at radius 1 is 1.23 bits per heavy atom. The minimum atomic E-state index is -0.463. The summed E-state index contributed by atoms with van der Waals surface area (Å²) >= 11 is 0. The summed E-state index contributed by atoms with van der Waals surface area (Å²) in [5.74, 6) is 0.193. The van der Waals surface area contributed by atoms with Crippen LogP contribution in [0.5, 0.6) is 11.5 Å². The second-order valence-electron chi connectivity index (χ2n) is 4.55. The van der Waals surface area contributed by atoms with Crippen molar-refractivity contribution in [1.82, 2.24) is 0 Å². The number of halogens is 1. The number of carbonyl (C=O) groups is 1. The first kappa shape index (κ1) is 15.8. The highest BCUT2D eigenvalue weighted by Gasteiger charge is 2.05. The quantitative estimate of drug-likeness (QED) is 0.594. The summed E-state index contributed by atoms with van der Waals surface area (Å²) in [6.07, 6.45) is 2.98. The molecule has 0 spiro atoms. The molecule has 4 heteroatoms. The van der Waals surface area contributed by atoms with Crippen LogP contribution in [0.2, 0.25) is 0 Å². The summed E-state index contributed by atoms with van der Waals surface area (Å²) in [5.41, 5.74) is 1.11. The lowest BCUT2D eigenvalue weighted by molar-refractivity contribution is 0.104. The van der Waals surface area contributed by atoms with Crippen molar-refractivity contribution in [3.05, 3.63) is 65.5 Å². The Balaban J connectivity index is 2.14. The fraction of sp³-hybridized carbons (Fsp3) is 0.167. The molecule has 2 rings (SSSR count). The van der Waals surface area contributed by atoms with Crippen molar-refractivity contribution >= 4 is 11.9 Å². The highest BCUT2D eigenvalue weighted by Crippen LogP contribution is 2.19. The first-order chi connectivity index (χ1) is 10.6. The summed E-state index contributed by atoms with van der Waals surface area (Å²) in [6, 6.07) is 11.5. The lowest BCUT2D eigenvalue weighted by atomic mass is 10.1. The second kappa shape index (κ2) is 7.41. The van der Waals surface area contributed by atoms with E-state index in [2.05, 4.69) is 0 Å². The molecule has 0 saturated heterocycles. The number of carbonyl (C=O) groups excluding carboxylic acids is 1. The van der Waals surface area contributed by atoms with Gasteiger partial charge in [0.15, 0.2) is 17.3 Å². The highest BCUT2D eigenvalue weighted by molar-refractivity contribution is 6.07. The number of allylic oxidation sites excluding steroid dienone is 1. The molecule has 3 nitrogen and oxygen atoms in total. The molecule has 0 amide bonds. The van der Waals surface area contributed by atoms with Crippen molar-refractivity contribution in [3.8, 4) is 11.5 Å². The maximum absolute atomic E-state index is 13.6. The molecule has 0 radical (unpaired) electrons. The third-order valence-electron chi connectivity index (χ3n) is 3.03. The van der Waals surface area contributed by atoms with E-state index in [1.165, 1.54) is 25.3 Å². The minimum absolute atomic E-state index is 0.169. The third kappa shape index (κ3) is 3.95. The van der Waals surface area contributed by atoms with Crippen LogP contribution in [-0.4, -0.2) is 19.5 Å². The number of hydrogen-bond acceptors (Lipinski definition) is 3. The average Bonchev–Trinajstić information content (AvgIpc) is 2.53. The standard InChI is InChI=1S/C18H17FO3/c1-3-22-15-6-4-5-14(12-15)17(20)9-7-13-8-10-18(21-2)16(19)11-13/h4-12H,3H2,1-2H3. The van der Waals surface area contributed by atoms with Gasteiger partial charge in [0.05, 0.1) is 13.7 Å². The van der Waals surface area contributed by atoms with Gasteiger partial charge in [-0.1, -0.05) is 24.3 Å². The number of rotatable bonds is 6. The fourth-order valence-corrected chi connectivity index (χ4v) is 1.96. The van der Waals surface area contributed by atoms with Gasteiger partial charge in [-0.05, 0) is 42.8 Å². The minimum Gasteiger partial charge on any atom is -0.494 e. The maximum atomic E-state index is 13.6. The van der Waals surface area contributed by atoms with E-state index < -0.39 is 5.82 Å². The Kier molecular flexibility index (Phi) is 5.31. The number of benzene rings is 2. The normalized spacial score (nSPS) is 10.7. The van der Waals surface area contributed by atoms with Crippen LogP contribution in [0, 0.1) is 5.82 Å². The highest BCUT2D eigenvalue weighted by atomic mass is 19.1. The molecule has 0 unspecified atom stereocenters. The van der Waals surface area contributed by atoms with Crippen molar-refractivity contribution < 1.29 is 18.7 Å². The Hall–Kier alpha value is -2.62. The molecule has 0 aliphatic carbocycles. The lowest BCUT2D eigenvalue weighted by Crippen LogP contribution is -1.97. The molecular weight excluding hydrogens is 283 g/mol. The smallest absolute Gasteiger partial charge is 0.185 e. The summed E-state index contributed by atoms with van der Waals surface area (Å²) in [6.45, 7) is 2.42. The van der Waals surface area contributed by atoms with Gasteiger partial charge in [0, 0.05) is 5.56 Å². The summed E-state index contributed by atoms with van der Waals surface area (Å²) in [5, 5.41) is 0. The van der Waals surface area contributed by atoms with Crippen LogP contribution in [0.1, 0.15) is 22.8 Å². The predicted molar refractivity (Wildman–Crippen MR) is 83.9 cm³/mol. The van der Waals surface area contributed by atoms with Crippen LogP contribution in [0.3, 0.4) is 0 Å². The van der Waals surface area contributed by atoms with E-state index in [0.29, 0.717) is 23.5 Å². The molecule has 22 heavy (non-hydrogen) atoms. The molecule has 0 N–H and O–H groups in total. The van der Waals surface area contributed by atoms with Crippen molar-refractivity contribution in [2.24, 2.45) is 0 Å².